The Hall–Kier alpha value is -0.340. The van der Waals surface area contributed by atoms with E-state index >= 15 is 0 Å². The highest BCUT2D eigenvalue weighted by Crippen LogP contribution is 2.21. The van der Waals surface area contributed by atoms with Gasteiger partial charge in [0.15, 0.2) is 0 Å². The monoisotopic (exact) mass is 144 g/mol. The molecule has 0 atom stereocenters. The van der Waals surface area contributed by atoms with E-state index in [9.17, 15) is 0 Å². The molecule has 0 fully saturated rings. The molecule has 0 aromatic heterocycles. The number of hydrogen-bond acceptors (Lipinski definition) is 2. The molecule has 0 spiro atoms. The zero-order valence-electron chi connectivity index (χ0n) is 7.36. The van der Waals surface area contributed by atoms with Crippen LogP contribution in [0.3, 0.4) is 0 Å². The Morgan fingerprint density at radius 2 is 1.60 bits per heavy atom. The molecule has 0 heterocycles. The molecule has 0 aliphatic carbocycles. The second-order valence-corrected chi connectivity index (χ2v) is 3.23. The first-order chi connectivity index (χ1) is 4.41. The third kappa shape index (κ3) is 2.12. The molecular weight excluding hydrogens is 128 g/mol. The Kier molecular flexibility index (Phi) is 3.06. The van der Waals surface area contributed by atoms with E-state index in [1.165, 1.54) is 5.57 Å². The zero-order valence-corrected chi connectivity index (χ0v) is 7.36. The van der Waals surface area contributed by atoms with E-state index in [0.29, 0.717) is 0 Å². The summed E-state index contributed by atoms with van der Waals surface area (Å²) in [6, 6.07) is 0. The van der Waals surface area contributed by atoms with Crippen LogP contribution in [0.2, 0.25) is 0 Å². The fraction of sp³-hybridized carbons (Fsp3) is 0.750. The molecule has 1 N–H and O–H groups in total. The molecule has 0 aromatic carbocycles. The Morgan fingerprint density at radius 1 is 1.20 bits per heavy atom. The maximum absolute atomic E-state index is 8.48. The topological polar surface area (TPSA) is 29.5 Å². The average molecular weight is 144 g/mol. The van der Waals surface area contributed by atoms with Gasteiger partial charge in [-0.1, -0.05) is 5.57 Å². The van der Waals surface area contributed by atoms with Crippen molar-refractivity contribution in [2.45, 2.75) is 40.2 Å². The molecule has 60 valence electrons. The molecule has 0 rings (SSSR count). The largest absolute Gasteiger partial charge is 0.251 e. The first-order valence-corrected chi connectivity index (χ1v) is 3.39. The van der Waals surface area contributed by atoms with Gasteiger partial charge in [-0.15, -0.1) is 0 Å². The maximum Gasteiger partial charge on any atom is 0.119 e. The second kappa shape index (κ2) is 3.17. The predicted molar refractivity (Wildman–Crippen MR) is 41.8 cm³/mol. The highest BCUT2D eigenvalue weighted by molar-refractivity contribution is 5.16. The van der Waals surface area contributed by atoms with E-state index in [0.717, 1.165) is 5.57 Å². The summed E-state index contributed by atoms with van der Waals surface area (Å²) >= 11 is 0. The molecule has 0 bridgehead atoms. The standard InChI is InChI=1S/C8H16O2/c1-6(2)7(3)8(4,5)10-9/h9H,1-5H3. The molecule has 2 heteroatoms. The summed E-state index contributed by atoms with van der Waals surface area (Å²) in [5.74, 6) is 0. The molecule has 0 unspecified atom stereocenters. The lowest BCUT2D eigenvalue weighted by molar-refractivity contribution is -0.300. The fourth-order valence-corrected chi connectivity index (χ4v) is 0.671. The second-order valence-electron chi connectivity index (χ2n) is 3.23. The number of hydrogen-bond donors (Lipinski definition) is 1. The third-order valence-electron chi connectivity index (χ3n) is 1.88. The van der Waals surface area contributed by atoms with E-state index in [-0.39, 0.29) is 0 Å². The van der Waals surface area contributed by atoms with Gasteiger partial charge in [0.1, 0.15) is 5.60 Å². The van der Waals surface area contributed by atoms with Gasteiger partial charge < -0.3 is 0 Å². The van der Waals surface area contributed by atoms with Crippen molar-refractivity contribution >= 4 is 0 Å². The summed E-state index contributed by atoms with van der Waals surface area (Å²) in [7, 11) is 0. The number of allylic oxidation sites excluding steroid dienone is 1. The van der Waals surface area contributed by atoms with Crippen LogP contribution < -0.4 is 0 Å². The van der Waals surface area contributed by atoms with Crippen LogP contribution in [-0.4, -0.2) is 10.9 Å². The molecule has 10 heavy (non-hydrogen) atoms. The minimum absolute atomic E-state index is 0.543. The van der Waals surface area contributed by atoms with Gasteiger partial charge in [-0.25, -0.2) is 4.89 Å². The minimum Gasteiger partial charge on any atom is -0.251 e. The van der Waals surface area contributed by atoms with Gasteiger partial charge in [0, 0.05) is 0 Å². The van der Waals surface area contributed by atoms with Gasteiger partial charge in [-0.2, -0.15) is 0 Å². The van der Waals surface area contributed by atoms with Crippen LogP contribution in [0.25, 0.3) is 0 Å². The smallest absolute Gasteiger partial charge is 0.119 e. The zero-order chi connectivity index (χ0) is 8.36. The van der Waals surface area contributed by atoms with Crippen molar-refractivity contribution in [2.75, 3.05) is 0 Å². The Morgan fingerprint density at radius 3 is 1.70 bits per heavy atom. The Bertz CT molecular complexity index is 141. The minimum atomic E-state index is -0.543. The van der Waals surface area contributed by atoms with E-state index in [1.54, 1.807) is 0 Å². The molecule has 2 nitrogen and oxygen atoms in total. The highest BCUT2D eigenvalue weighted by Gasteiger charge is 2.21. The van der Waals surface area contributed by atoms with Crippen LogP contribution in [0.15, 0.2) is 11.1 Å². The fourth-order valence-electron chi connectivity index (χ4n) is 0.671. The van der Waals surface area contributed by atoms with Gasteiger partial charge in [0.05, 0.1) is 0 Å². The Labute approximate surface area is 62.4 Å². The van der Waals surface area contributed by atoms with Gasteiger partial charge in [-0.3, -0.25) is 5.26 Å². The quantitative estimate of drug-likeness (QED) is 0.366. The van der Waals surface area contributed by atoms with Crippen LogP contribution in [0.5, 0.6) is 0 Å². The lowest BCUT2D eigenvalue weighted by Gasteiger charge is -2.22. The summed E-state index contributed by atoms with van der Waals surface area (Å²) in [5, 5.41) is 8.48. The maximum atomic E-state index is 8.48. The van der Waals surface area contributed by atoms with Crippen molar-refractivity contribution in [1.82, 2.24) is 0 Å². The van der Waals surface area contributed by atoms with E-state index in [4.69, 9.17) is 5.26 Å². The first-order valence-electron chi connectivity index (χ1n) is 3.39. The normalized spacial score (nSPS) is 11.4. The summed E-state index contributed by atoms with van der Waals surface area (Å²) < 4.78 is 0. The first kappa shape index (κ1) is 9.66. The lowest BCUT2D eigenvalue weighted by atomic mass is 9.96. The van der Waals surface area contributed by atoms with Crippen LogP contribution in [-0.2, 0) is 4.89 Å². The summed E-state index contributed by atoms with van der Waals surface area (Å²) in [5.41, 5.74) is 1.70. The van der Waals surface area contributed by atoms with Gasteiger partial charge in [0.2, 0.25) is 0 Å². The van der Waals surface area contributed by atoms with Crippen molar-refractivity contribution in [3.05, 3.63) is 11.1 Å². The summed E-state index contributed by atoms with van der Waals surface area (Å²) in [4.78, 5) is 4.30. The summed E-state index contributed by atoms with van der Waals surface area (Å²) in [6.07, 6.45) is 0. The lowest BCUT2D eigenvalue weighted by Crippen LogP contribution is -2.24. The molecule has 0 aromatic rings. The molecular formula is C8H16O2. The van der Waals surface area contributed by atoms with Crippen molar-refractivity contribution < 1.29 is 10.1 Å². The third-order valence-corrected chi connectivity index (χ3v) is 1.88. The average Bonchev–Trinajstić information content (AvgIpc) is 1.86. The molecule has 0 aliphatic rings. The van der Waals surface area contributed by atoms with Crippen LogP contribution in [0, 0.1) is 0 Å². The molecule has 0 saturated heterocycles. The van der Waals surface area contributed by atoms with Gasteiger partial charge >= 0.3 is 0 Å². The van der Waals surface area contributed by atoms with Gasteiger partial charge in [0.25, 0.3) is 0 Å². The molecule has 0 radical (unpaired) electrons. The van der Waals surface area contributed by atoms with Crippen molar-refractivity contribution in [2.24, 2.45) is 0 Å². The van der Waals surface area contributed by atoms with Crippen molar-refractivity contribution in [3.8, 4) is 0 Å². The molecule has 0 amide bonds. The van der Waals surface area contributed by atoms with Gasteiger partial charge in [-0.05, 0) is 40.2 Å². The van der Waals surface area contributed by atoms with E-state index in [1.807, 2.05) is 34.6 Å². The van der Waals surface area contributed by atoms with Crippen molar-refractivity contribution in [3.63, 3.8) is 0 Å². The Balaban J connectivity index is 4.49. The predicted octanol–water partition coefficient (Wildman–Crippen LogP) is 2.61. The van der Waals surface area contributed by atoms with Crippen LogP contribution >= 0.6 is 0 Å². The number of rotatable bonds is 2. The highest BCUT2D eigenvalue weighted by atomic mass is 17.1. The van der Waals surface area contributed by atoms with Crippen LogP contribution in [0.4, 0.5) is 0 Å². The molecule has 0 aliphatic heterocycles. The summed E-state index contributed by atoms with van der Waals surface area (Å²) in [6.45, 7) is 9.60. The molecule has 0 saturated carbocycles. The van der Waals surface area contributed by atoms with E-state index < -0.39 is 5.60 Å². The SMILES string of the molecule is CC(C)=C(C)C(C)(C)OO. The van der Waals surface area contributed by atoms with Crippen molar-refractivity contribution in [1.29, 1.82) is 0 Å². The van der Waals surface area contributed by atoms with E-state index in [2.05, 4.69) is 4.89 Å². The van der Waals surface area contributed by atoms with Crippen LogP contribution in [0.1, 0.15) is 34.6 Å².